The average Bonchev–Trinajstić information content (AvgIpc) is 2.65. The van der Waals surface area contributed by atoms with Crippen LogP contribution in [0.1, 0.15) is 15.9 Å². The predicted molar refractivity (Wildman–Crippen MR) is 67.1 cm³/mol. The summed E-state index contributed by atoms with van der Waals surface area (Å²) in [6.07, 6.45) is 1.23. The summed E-state index contributed by atoms with van der Waals surface area (Å²) in [7, 11) is 1.63. The van der Waals surface area contributed by atoms with Crippen LogP contribution < -0.4 is 5.73 Å². The predicted octanol–water partition coefficient (Wildman–Crippen LogP) is 2.22. The number of Topliss-reactive ketones (excluding diaryl/α,β-unsaturated/α-hetero) is 1. The number of ketones is 1. The molecule has 18 heavy (non-hydrogen) atoms. The molecule has 1 aromatic carbocycles. The lowest BCUT2D eigenvalue weighted by Gasteiger charge is -2.04. The smallest absolute Gasteiger partial charge is 0.172 e. The van der Waals surface area contributed by atoms with E-state index in [2.05, 4.69) is 5.10 Å². The van der Waals surface area contributed by atoms with E-state index in [4.69, 9.17) is 17.3 Å². The van der Waals surface area contributed by atoms with Crippen LogP contribution in [0.4, 0.5) is 10.2 Å². The summed E-state index contributed by atoms with van der Waals surface area (Å²) < 4.78 is 14.9. The van der Waals surface area contributed by atoms with Crippen molar-refractivity contribution in [2.24, 2.45) is 7.05 Å². The Bertz CT molecular complexity index is 589. The number of carbonyl (C=O) groups excluding carboxylic acids is 1. The molecule has 0 atom stereocenters. The van der Waals surface area contributed by atoms with E-state index < -0.39 is 5.82 Å². The Morgan fingerprint density at radius 1 is 1.56 bits per heavy atom. The molecule has 0 unspecified atom stereocenters. The Morgan fingerprint density at radius 2 is 2.28 bits per heavy atom. The number of nitrogen functional groups attached to an aromatic ring is 1. The van der Waals surface area contributed by atoms with Gasteiger partial charge in [0.05, 0.1) is 11.8 Å². The monoisotopic (exact) mass is 267 g/mol. The summed E-state index contributed by atoms with van der Waals surface area (Å²) >= 11 is 5.86. The van der Waals surface area contributed by atoms with Crippen molar-refractivity contribution in [1.29, 1.82) is 0 Å². The van der Waals surface area contributed by atoms with Gasteiger partial charge in [0.2, 0.25) is 0 Å². The zero-order valence-electron chi connectivity index (χ0n) is 9.65. The molecule has 1 heterocycles. The maximum absolute atomic E-state index is 13.5. The van der Waals surface area contributed by atoms with Gasteiger partial charge in [-0.05, 0) is 12.1 Å². The SMILES string of the molecule is Cn1ncc(C(=O)Cc2c(F)cccc2Cl)c1N. The van der Waals surface area contributed by atoms with Crippen molar-refractivity contribution >= 4 is 23.2 Å². The van der Waals surface area contributed by atoms with Crippen LogP contribution in [-0.4, -0.2) is 15.6 Å². The second kappa shape index (κ2) is 4.78. The summed E-state index contributed by atoms with van der Waals surface area (Å²) in [6.45, 7) is 0. The molecule has 0 saturated carbocycles. The maximum atomic E-state index is 13.5. The highest BCUT2D eigenvalue weighted by Gasteiger charge is 2.17. The number of hydrogen-bond acceptors (Lipinski definition) is 3. The first-order valence-electron chi connectivity index (χ1n) is 5.24. The van der Waals surface area contributed by atoms with Gasteiger partial charge in [-0.1, -0.05) is 17.7 Å². The van der Waals surface area contributed by atoms with Crippen molar-refractivity contribution in [3.63, 3.8) is 0 Å². The quantitative estimate of drug-likeness (QED) is 0.868. The summed E-state index contributed by atoms with van der Waals surface area (Å²) in [5.41, 5.74) is 6.13. The summed E-state index contributed by atoms with van der Waals surface area (Å²) in [4.78, 5) is 12.0. The van der Waals surface area contributed by atoms with Gasteiger partial charge in [0.1, 0.15) is 11.6 Å². The van der Waals surface area contributed by atoms with Gasteiger partial charge in [-0.3, -0.25) is 9.48 Å². The second-order valence-electron chi connectivity index (χ2n) is 3.87. The van der Waals surface area contributed by atoms with E-state index in [-0.39, 0.29) is 34.2 Å². The number of nitrogens with zero attached hydrogens (tertiary/aromatic N) is 2. The molecular formula is C12H11ClFN3O. The van der Waals surface area contributed by atoms with Crippen LogP contribution in [-0.2, 0) is 13.5 Å². The molecule has 6 heteroatoms. The van der Waals surface area contributed by atoms with Gasteiger partial charge in [-0.2, -0.15) is 5.10 Å². The van der Waals surface area contributed by atoms with E-state index in [9.17, 15) is 9.18 Å². The highest BCUT2D eigenvalue weighted by atomic mass is 35.5. The Hall–Kier alpha value is -1.88. The normalized spacial score (nSPS) is 10.6. The molecule has 2 N–H and O–H groups in total. The number of carbonyl (C=O) groups is 1. The topological polar surface area (TPSA) is 60.9 Å². The van der Waals surface area contributed by atoms with Crippen LogP contribution >= 0.6 is 11.6 Å². The molecule has 0 aliphatic carbocycles. The van der Waals surface area contributed by atoms with Crippen LogP contribution in [0.15, 0.2) is 24.4 Å². The van der Waals surface area contributed by atoms with Gasteiger partial charge >= 0.3 is 0 Å². The van der Waals surface area contributed by atoms with Crippen LogP contribution in [0, 0.1) is 5.82 Å². The zero-order chi connectivity index (χ0) is 13.3. The third kappa shape index (κ3) is 2.22. The van der Waals surface area contributed by atoms with E-state index in [0.29, 0.717) is 0 Å². The van der Waals surface area contributed by atoms with Crippen molar-refractivity contribution < 1.29 is 9.18 Å². The minimum absolute atomic E-state index is 0.138. The third-order valence-corrected chi connectivity index (χ3v) is 3.04. The van der Waals surface area contributed by atoms with E-state index in [1.807, 2.05) is 0 Å². The molecule has 0 bridgehead atoms. The Labute approximate surface area is 108 Å². The van der Waals surface area contributed by atoms with Crippen molar-refractivity contribution in [2.75, 3.05) is 5.73 Å². The number of anilines is 1. The van der Waals surface area contributed by atoms with Crippen LogP contribution in [0.5, 0.6) is 0 Å². The molecule has 2 rings (SSSR count). The lowest BCUT2D eigenvalue weighted by molar-refractivity contribution is 0.0992. The molecule has 4 nitrogen and oxygen atoms in total. The lowest BCUT2D eigenvalue weighted by Crippen LogP contribution is -2.08. The molecule has 2 aromatic rings. The van der Waals surface area contributed by atoms with Crippen LogP contribution in [0.3, 0.4) is 0 Å². The van der Waals surface area contributed by atoms with Gasteiger partial charge in [0.25, 0.3) is 0 Å². The van der Waals surface area contributed by atoms with E-state index in [1.54, 1.807) is 13.1 Å². The number of aryl methyl sites for hydroxylation is 1. The van der Waals surface area contributed by atoms with Gasteiger partial charge < -0.3 is 5.73 Å². The van der Waals surface area contributed by atoms with Gasteiger partial charge in [0.15, 0.2) is 5.78 Å². The number of rotatable bonds is 3. The minimum atomic E-state index is -0.502. The zero-order valence-corrected chi connectivity index (χ0v) is 10.4. The fraction of sp³-hybridized carbons (Fsp3) is 0.167. The number of benzene rings is 1. The van der Waals surface area contributed by atoms with E-state index in [0.717, 1.165) is 0 Å². The Morgan fingerprint density at radius 3 is 2.83 bits per heavy atom. The molecule has 0 spiro atoms. The lowest BCUT2D eigenvalue weighted by atomic mass is 10.0. The molecule has 0 fully saturated rings. The Kier molecular flexibility index (Phi) is 3.34. The fourth-order valence-electron chi connectivity index (χ4n) is 1.62. The van der Waals surface area contributed by atoms with Crippen molar-refractivity contribution in [1.82, 2.24) is 9.78 Å². The average molecular weight is 268 g/mol. The first-order valence-corrected chi connectivity index (χ1v) is 5.62. The number of hydrogen-bond donors (Lipinski definition) is 1. The largest absolute Gasteiger partial charge is 0.383 e. The third-order valence-electron chi connectivity index (χ3n) is 2.68. The summed E-state index contributed by atoms with van der Waals surface area (Å²) in [5, 5.41) is 4.10. The summed E-state index contributed by atoms with van der Waals surface area (Å²) in [5.74, 6) is -0.557. The van der Waals surface area contributed by atoms with E-state index in [1.165, 1.54) is 23.0 Å². The molecule has 0 aliphatic heterocycles. The number of halogens is 2. The second-order valence-corrected chi connectivity index (χ2v) is 4.27. The molecular weight excluding hydrogens is 257 g/mol. The van der Waals surface area contributed by atoms with E-state index >= 15 is 0 Å². The van der Waals surface area contributed by atoms with Crippen LogP contribution in [0.2, 0.25) is 5.02 Å². The number of aromatic nitrogens is 2. The minimum Gasteiger partial charge on any atom is -0.383 e. The van der Waals surface area contributed by atoms with Gasteiger partial charge in [-0.15, -0.1) is 0 Å². The molecule has 0 saturated heterocycles. The maximum Gasteiger partial charge on any atom is 0.172 e. The first-order chi connectivity index (χ1) is 8.50. The highest BCUT2D eigenvalue weighted by Crippen LogP contribution is 2.22. The first kappa shape index (κ1) is 12.6. The van der Waals surface area contributed by atoms with Crippen molar-refractivity contribution in [2.45, 2.75) is 6.42 Å². The molecule has 0 radical (unpaired) electrons. The molecule has 94 valence electrons. The molecule has 0 aliphatic rings. The Balaban J connectivity index is 2.30. The van der Waals surface area contributed by atoms with Crippen LogP contribution in [0.25, 0.3) is 0 Å². The fourth-order valence-corrected chi connectivity index (χ4v) is 1.85. The standard InChI is InChI=1S/C12H11ClFN3O/c1-17-12(15)8(6-16-17)11(18)5-7-9(13)3-2-4-10(7)14/h2-4,6H,5,15H2,1H3. The van der Waals surface area contributed by atoms with Gasteiger partial charge in [0, 0.05) is 24.1 Å². The van der Waals surface area contributed by atoms with Gasteiger partial charge in [-0.25, -0.2) is 4.39 Å². The molecule has 0 amide bonds. The molecule has 1 aromatic heterocycles. The summed E-state index contributed by atoms with van der Waals surface area (Å²) in [6, 6.07) is 4.30. The van der Waals surface area contributed by atoms with Crippen molar-refractivity contribution in [3.05, 3.63) is 46.4 Å². The highest BCUT2D eigenvalue weighted by molar-refractivity contribution is 6.31. The number of nitrogens with two attached hydrogens (primary N) is 1. The van der Waals surface area contributed by atoms with Crippen molar-refractivity contribution in [3.8, 4) is 0 Å².